The van der Waals surface area contributed by atoms with Crippen LogP contribution in [0.4, 0.5) is 5.69 Å². The van der Waals surface area contributed by atoms with E-state index < -0.39 is 11.3 Å². The summed E-state index contributed by atoms with van der Waals surface area (Å²) in [4.78, 5) is 10.7. The first-order valence-corrected chi connectivity index (χ1v) is 4.83. The van der Waals surface area contributed by atoms with Gasteiger partial charge in [0.1, 0.15) is 0 Å². The summed E-state index contributed by atoms with van der Waals surface area (Å²) in [5.41, 5.74) is 6.21. The Balaban J connectivity index is 3.26. The normalized spacial score (nSPS) is 11.9. The lowest BCUT2D eigenvalue weighted by molar-refractivity contribution is -0.136. The van der Waals surface area contributed by atoms with Crippen LogP contribution in [0.2, 0.25) is 0 Å². The number of carboxylic acid groups (broad SMARTS) is 1. The molecule has 1 aromatic rings. The van der Waals surface area contributed by atoms with E-state index in [-0.39, 0.29) is 11.3 Å². The number of aliphatic carboxylic acids is 1. The molecule has 0 radical (unpaired) electrons. The number of rotatable bonds is 4. The first-order valence-electron chi connectivity index (χ1n) is 4.39. The summed E-state index contributed by atoms with van der Waals surface area (Å²) >= 11 is 5.69. The number of nitrogen functional groups attached to an aromatic ring is 1. The van der Waals surface area contributed by atoms with E-state index in [1.54, 1.807) is 0 Å². The molecular formula is C10H12ClNO4. The van der Waals surface area contributed by atoms with E-state index in [1.165, 1.54) is 26.4 Å². The van der Waals surface area contributed by atoms with Crippen LogP contribution in [0.15, 0.2) is 12.1 Å². The van der Waals surface area contributed by atoms with E-state index in [2.05, 4.69) is 0 Å². The van der Waals surface area contributed by atoms with Crippen LogP contribution >= 0.6 is 11.6 Å². The van der Waals surface area contributed by atoms with Crippen molar-refractivity contribution in [2.75, 3.05) is 20.0 Å². The van der Waals surface area contributed by atoms with Gasteiger partial charge in [0.05, 0.1) is 14.2 Å². The summed E-state index contributed by atoms with van der Waals surface area (Å²) in [6, 6.07) is 2.94. The Morgan fingerprint density at radius 3 is 2.31 bits per heavy atom. The standard InChI is InChI=1S/C10H12ClNO4/c1-15-7-3-5(9(11)10(13)14)6(12)4-8(7)16-2/h3-4,9H,12H2,1-2H3,(H,13,14). The van der Waals surface area contributed by atoms with Gasteiger partial charge in [-0.1, -0.05) is 0 Å². The maximum Gasteiger partial charge on any atom is 0.326 e. The monoisotopic (exact) mass is 245 g/mol. The van der Waals surface area contributed by atoms with Crippen molar-refractivity contribution in [3.8, 4) is 11.5 Å². The number of alkyl halides is 1. The molecule has 6 heteroatoms. The number of hydrogen-bond donors (Lipinski definition) is 2. The highest BCUT2D eigenvalue weighted by atomic mass is 35.5. The second-order valence-corrected chi connectivity index (χ2v) is 3.47. The second kappa shape index (κ2) is 4.94. The Morgan fingerprint density at radius 2 is 1.88 bits per heavy atom. The van der Waals surface area contributed by atoms with Crippen LogP contribution in [-0.2, 0) is 4.79 Å². The van der Waals surface area contributed by atoms with Crippen molar-refractivity contribution < 1.29 is 19.4 Å². The van der Waals surface area contributed by atoms with Gasteiger partial charge in [-0.2, -0.15) is 0 Å². The highest BCUT2D eigenvalue weighted by Crippen LogP contribution is 2.36. The topological polar surface area (TPSA) is 81.8 Å². The fraction of sp³-hybridized carbons (Fsp3) is 0.300. The molecule has 0 aliphatic rings. The SMILES string of the molecule is COc1cc(N)c(C(Cl)C(=O)O)cc1OC. The van der Waals surface area contributed by atoms with Gasteiger partial charge in [-0.25, -0.2) is 0 Å². The molecule has 1 aromatic carbocycles. The molecule has 88 valence electrons. The fourth-order valence-corrected chi connectivity index (χ4v) is 1.45. The summed E-state index contributed by atoms with van der Waals surface area (Å²) in [7, 11) is 2.91. The van der Waals surface area contributed by atoms with Gasteiger partial charge in [-0.3, -0.25) is 4.79 Å². The lowest BCUT2D eigenvalue weighted by atomic mass is 10.1. The molecule has 0 aliphatic heterocycles. The number of methoxy groups -OCH3 is 2. The Labute approximate surface area is 97.7 Å². The minimum absolute atomic E-state index is 0.250. The predicted molar refractivity (Wildman–Crippen MR) is 60.2 cm³/mol. The Bertz CT molecular complexity index is 408. The van der Waals surface area contributed by atoms with Crippen molar-refractivity contribution in [3.63, 3.8) is 0 Å². The Kier molecular flexibility index (Phi) is 3.84. The van der Waals surface area contributed by atoms with Crippen LogP contribution < -0.4 is 15.2 Å². The quantitative estimate of drug-likeness (QED) is 0.623. The van der Waals surface area contributed by atoms with E-state index in [0.717, 1.165) is 0 Å². The third-order valence-electron chi connectivity index (χ3n) is 2.08. The van der Waals surface area contributed by atoms with E-state index in [1.807, 2.05) is 0 Å². The van der Waals surface area contributed by atoms with Crippen LogP contribution in [0.3, 0.4) is 0 Å². The molecule has 0 aromatic heterocycles. The average Bonchev–Trinajstić information content (AvgIpc) is 2.27. The number of anilines is 1. The molecule has 0 saturated carbocycles. The summed E-state index contributed by atoms with van der Waals surface area (Å²) in [6.45, 7) is 0. The zero-order valence-electron chi connectivity index (χ0n) is 8.86. The van der Waals surface area contributed by atoms with Crippen molar-refractivity contribution >= 4 is 23.3 Å². The molecule has 0 fully saturated rings. The van der Waals surface area contributed by atoms with Crippen molar-refractivity contribution in [2.45, 2.75) is 5.38 Å². The highest BCUT2D eigenvalue weighted by molar-refractivity contribution is 6.30. The molecule has 0 amide bonds. The maximum atomic E-state index is 10.7. The number of hydrogen-bond acceptors (Lipinski definition) is 4. The molecule has 16 heavy (non-hydrogen) atoms. The third kappa shape index (κ3) is 2.30. The van der Waals surface area contributed by atoms with Crippen LogP contribution in [0.1, 0.15) is 10.9 Å². The first-order chi connectivity index (χ1) is 7.51. The molecular weight excluding hydrogens is 234 g/mol. The molecule has 1 atom stereocenters. The minimum Gasteiger partial charge on any atom is -0.493 e. The molecule has 0 spiro atoms. The van der Waals surface area contributed by atoms with Crippen molar-refractivity contribution in [3.05, 3.63) is 17.7 Å². The smallest absolute Gasteiger partial charge is 0.326 e. The summed E-state index contributed by atoms with van der Waals surface area (Å²) in [5, 5.41) is 7.58. The molecule has 1 unspecified atom stereocenters. The lowest BCUT2D eigenvalue weighted by Gasteiger charge is -2.13. The second-order valence-electron chi connectivity index (χ2n) is 3.04. The third-order valence-corrected chi connectivity index (χ3v) is 2.50. The van der Waals surface area contributed by atoms with Gasteiger partial charge >= 0.3 is 5.97 Å². The van der Waals surface area contributed by atoms with Gasteiger partial charge in [-0.05, 0) is 6.07 Å². The molecule has 0 saturated heterocycles. The van der Waals surface area contributed by atoms with Gasteiger partial charge in [0.2, 0.25) is 0 Å². The fourth-order valence-electron chi connectivity index (χ4n) is 1.26. The average molecular weight is 246 g/mol. The van der Waals surface area contributed by atoms with Crippen molar-refractivity contribution in [2.24, 2.45) is 0 Å². The van der Waals surface area contributed by atoms with E-state index in [9.17, 15) is 4.79 Å². The van der Waals surface area contributed by atoms with Gasteiger partial charge < -0.3 is 20.3 Å². The predicted octanol–water partition coefficient (Wildman–Crippen LogP) is 1.65. The number of halogens is 1. The van der Waals surface area contributed by atoms with Gasteiger partial charge in [0.15, 0.2) is 16.9 Å². The number of nitrogens with two attached hydrogens (primary N) is 1. The number of carboxylic acids is 1. The zero-order valence-corrected chi connectivity index (χ0v) is 9.62. The van der Waals surface area contributed by atoms with Crippen molar-refractivity contribution in [1.82, 2.24) is 0 Å². The van der Waals surface area contributed by atoms with Gasteiger partial charge in [0.25, 0.3) is 0 Å². The van der Waals surface area contributed by atoms with E-state index >= 15 is 0 Å². The van der Waals surface area contributed by atoms with E-state index in [0.29, 0.717) is 11.5 Å². The summed E-state index contributed by atoms with van der Waals surface area (Å²) < 4.78 is 10.0. The summed E-state index contributed by atoms with van der Waals surface area (Å²) in [6.07, 6.45) is 0. The van der Waals surface area contributed by atoms with Gasteiger partial charge in [-0.15, -0.1) is 11.6 Å². The largest absolute Gasteiger partial charge is 0.493 e. The molecule has 5 nitrogen and oxygen atoms in total. The number of carbonyl (C=O) groups is 1. The molecule has 0 aliphatic carbocycles. The number of ether oxygens (including phenoxy) is 2. The Hall–Kier alpha value is -1.62. The first kappa shape index (κ1) is 12.4. The Morgan fingerprint density at radius 1 is 1.38 bits per heavy atom. The van der Waals surface area contributed by atoms with Gasteiger partial charge in [0, 0.05) is 17.3 Å². The molecule has 0 heterocycles. The zero-order chi connectivity index (χ0) is 12.3. The molecule has 3 N–H and O–H groups in total. The minimum atomic E-state index is -1.21. The van der Waals surface area contributed by atoms with E-state index in [4.69, 9.17) is 31.9 Å². The highest BCUT2D eigenvalue weighted by Gasteiger charge is 2.21. The van der Waals surface area contributed by atoms with Crippen LogP contribution in [0.25, 0.3) is 0 Å². The van der Waals surface area contributed by atoms with Crippen LogP contribution in [-0.4, -0.2) is 25.3 Å². The lowest BCUT2D eigenvalue weighted by Crippen LogP contribution is -2.08. The van der Waals surface area contributed by atoms with Crippen molar-refractivity contribution in [1.29, 1.82) is 0 Å². The molecule has 1 rings (SSSR count). The maximum absolute atomic E-state index is 10.7. The summed E-state index contributed by atoms with van der Waals surface area (Å²) in [5.74, 6) is -0.350. The number of benzene rings is 1. The molecule has 0 bridgehead atoms. The van der Waals surface area contributed by atoms with Crippen LogP contribution in [0.5, 0.6) is 11.5 Å². The van der Waals surface area contributed by atoms with Crippen LogP contribution in [0, 0.1) is 0 Å².